The van der Waals surface area contributed by atoms with Gasteiger partial charge in [-0.1, -0.05) is 51.1 Å². The number of rotatable bonds is 9. The van der Waals surface area contributed by atoms with Crippen LogP contribution in [0.3, 0.4) is 0 Å². The van der Waals surface area contributed by atoms with Gasteiger partial charge in [0.15, 0.2) is 0 Å². The smallest absolute Gasteiger partial charge is 0.250 e. The van der Waals surface area contributed by atoms with Gasteiger partial charge in [0.05, 0.1) is 30.1 Å². The number of aliphatic hydroxyl groups is 1. The van der Waals surface area contributed by atoms with E-state index in [0.717, 1.165) is 11.1 Å². The summed E-state index contributed by atoms with van der Waals surface area (Å²) < 4.78 is 6.85. The van der Waals surface area contributed by atoms with Crippen molar-refractivity contribution in [2.75, 3.05) is 17.2 Å². The molecule has 5 rings (SSSR count). The second-order valence-corrected chi connectivity index (χ2v) is 12.2. The van der Waals surface area contributed by atoms with E-state index in [1.54, 1.807) is 4.90 Å². The number of fused-ring (bicyclic) bond motifs is 1. The van der Waals surface area contributed by atoms with Gasteiger partial charge in [-0.3, -0.25) is 14.4 Å². The molecule has 3 aliphatic rings. The zero-order chi connectivity index (χ0) is 28.8. The molecular formula is C32H41N3O5. The Bertz CT molecular complexity index is 1300. The number of carbonyl (C=O) groups is 3. The minimum atomic E-state index is -1.15. The second kappa shape index (κ2) is 10.6. The number of nitrogens with one attached hydrogen (secondary N) is 2. The normalized spacial score (nSPS) is 29.5. The Hall–Kier alpha value is -3.23. The van der Waals surface area contributed by atoms with Crippen molar-refractivity contribution < 1.29 is 24.2 Å². The van der Waals surface area contributed by atoms with E-state index in [9.17, 15) is 19.5 Å². The van der Waals surface area contributed by atoms with Crippen molar-refractivity contribution in [2.24, 2.45) is 17.8 Å². The molecule has 3 amide bonds. The molecule has 0 aliphatic carbocycles. The van der Waals surface area contributed by atoms with Gasteiger partial charge in [-0.15, -0.1) is 0 Å². The Morgan fingerprint density at radius 3 is 2.45 bits per heavy atom. The lowest BCUT2D eigenvalue weighted by atomic mass is 9.65. The number of ether oxygens (including phenoxy) is 1. The number of hydrogen-bond acceptors (Lipinski definition) is 5. The van der Waals surface area contributed by atoms with Crippen molar-refractivity contribution in [3.8, 4) is 0 Å². The highest BCUT2D eigenvalue weighted by Gasteiger charge is 2.79. The van der Waals surface area contributed by atoms with Crippen LogP contribution in [0.15, 0.2) is 48.5 Å². The number of anilines is 2. The predicted octanol–water partition coefficient (Wildman–Crippen LogP) is 4.44. The number of nitrogens with zero attached hydrogens (tertiary/aromatic N) is 1. The third-order valence-corrected chi connectivity index (χ3v) is 9.19. The van der Waals surface area contributed by atoms with Gasteiger partial charge in [-0.05, 0) is 74.8 Å². The summed E-state index contributed by atoms with van der Waals surface area (Å²) in [5, 5.41) is 16.6. The molecule has 8 heteroatoms. The van der Waals surface area contributed by atoms with E-state index in [0.29, 0.717) is 37.1 Å². The Balaban J connectivity index is 1.58. The van der Waals surface area contributed by atoms with Crippen LogP contribution in [-0.4, -0.2) is 57.6 Å². The van der Waals surface area contributed by atoms with E-state index in [-0.39, 0.29) is 30.2 Å². The van der Waals surface area contributed by atoms with Gasteiger partial charge >= 0.3 is 0 Å². The topological polar surface area (TPSA) is 108 Å². The molecule has 2 unspecified atom stereocenters. The van der Waals surface area contributed by atoms with Gasteiger partial charge in [-0.2, -0.15) is 0 Å². The fourth-order valence-electron chi connectivity index (χ4n) is 7.38. The first-order valence-electron chi connectivity index (χ1n) is 14.4. The average molecular weight is 548 g/mol. The van der Waals surface area contributed by atoms with Crippen LogP contribution in [-0.2, 0) is 19.1 Å². The Morgan fingerprint density at radius 1 is 1.07 bits per heavy atom. The zero-order valence-corrected chi connectivity index (χ0v) is 24.1. The van der Waals surface area contributed by atoms with Gasteiger partial charge in [0.25, 0.3) is 0 Å². The van der Waals surface area contributed by atoms with Crippen molar-refractivity contribution in [3.63, 3.8) is 0 Å². The number of amides is 3. The summed E-state index contributed by atoms with van der Waals surface area (Å²) in [7, 11) is 0. The van der Waals surface area contributed by atoms with E-state index in [1.165, 1.54) is 0 Å². The van der Waals surface area contributed by atoms with Gasteiger partial charge in [0.1, 0.15) is 11.6 Å². The summed E-state index contributed by atoms with van der Waals surface area (Å²) in [6.07, 6.45) is 2.15. The van der Waals surface area contributed by atoms with Crippen molar-refractivity contribution in [1.29, 1.82) is 0 Å². The van der Waals surface area contributed by atoms with Crippen molar-refractivity contribution in [1.82, 2.24) is 4.90 Å². The van der Waals surface area contributed by atoms with Crippen LogP contribution < -0.4 is 10.6 Å². The number of aliphatic hydroxyl groups excluding tert-OH is 1. The van der Waals surface area contributed by atoms with Crippen LogP contribution in [0.25, 0.3) is 0 Å². The molecule has 214 valence electrons. The number of benzene rings is 2. The number of hydrogen-bond donors (Lipinski definition) is 3. The van der Waals surface area contributed by atoms with Crippen LogP contribution in [0, 0.1) is 31.6 Å². The van der Waals surface area contributed by atoms with Crippen LogP contribution in [0.5, 0.6) is 0 Å². The molecule has 3 aliphatic heterocycles. The van der Waals surface area contributed by atoms with Gasteiger partial charge < -0.3 is 25.4 Å². The maximum atomic E-state index is 14.4. The standard InChI is InChI=1S/C32H41N3O5/c1-6-31-14-15-32(40-31)26(25(31)28(37)33-22-10-8-7-9-11-22)30(39)35(23(18-36)16-19(2)3)27(32)29(38)34-24-17-20(4)12-13-21(24)5/h7-13,17,19,23,25-27,36H,6,14-16,18H2,1-5H3,(H,33,37)(H,34,38)/t23-,25-,26+,27?,31+,32?/m1/s1. The molecule has 3 N–H and O–H groups in total. The van der Waals surface area contributed by atoms with Crippen molar-refractivity contribution >= 4 is 29.1 Å². The summed E-state index contributed by atoms with van der Waals surface area (Å²) in [5.74, 6) is -2.29. The lowest BCUT2D eigenvalue weighted by molar-refractivity contribution is -0.148. The molecule has 1 spiro atoms. The van der Waals surface area contributed by atoms with E-state index < -0.39 is 35.1 Å². The highest BCUT2D eigenvalue weighted by Crippen LogP contribution is 2.64. The van der Waals surface area contributed by atoms with Gasteiger partial charge in [0.2, 0.25) is 17.7 Å². The molecule has 0 aromatic heterocycles. The first-order valence-corrected chi connectivity index (χ1v) is 14.4. The van der Waals surface area contributed by atoms with Crippen molar-refractivity contribution in [2.45, 2.75) is 83.6 Å². The number of para-hydroxylation sites is 1. The van der Waals surface area contributed by atoms with E-state index >= 15 is 0 Å². The van der Waals surface area contributed by atoms with Crippen LogP contribution in [0.1, 0.15) is 57.6 Å². The fourth-order valence-corrected chi connectivity index (χ4v) is 7.38. The molecule has 2 aromatic carbocycles. The van der Waals surface area contributed by atoms with Gasteiger partial charge in [-0.25, -0.2) is 0 Å². The number of likely N-dealkylation sites (tertiary alicyclic amines) is 1. The third-order valence-electron chi connectivity index (χ3n) is 9.19. The number of carbonyl (C=O) groups excluding carboxylic acids is 3. The minimum Gasteiger partial charge on any atom is -0.394 e. The maximum Gasteiger partial charge on any atom is 0.250 e. The Kier molecular flexibility index (Phi) is 7.52. The fraction of sp³-hybridized carbons (Fsp3) is 0.531. The Labute approximate surface area is 236 Å². The van der Waals surface area contributed by atoms with Crippen LogP contribution in [0.4, 0.5) is 11.4 Å². The largest absolute Gasteiger partial charge is 0.394 e. The summed E-state index contributed by atoms with van der Waals surface area (Å²) >= 11 is 0. The summed E-state index contributed by atoms with van der Waals surface area (Å²) in [6, 6.07) is 13.5. The predicted molar refractivity (Wildman–Crippen MR) is 154 cm³/mol. The lowest BCUT2D eigenvalue weighted by Gasteiger charge is -2.38. The number of aryl methyl sites for hydroxylation is 2. The summed E-state index contributed by atoms with van der Waals surface area (Å²) in [6.45, 7) is 9.64. The maximum absolute atomic E-state index is 14.4. The highest BCUT2D eigenvalue weighted by molar-refractivity contribution is 6.05. The quantitative estimate of drug-likeness (QED) is 0.430. The molecule has 8 nitrogen and oxygen atoms in total. The van der Waals surface area contributed by atoms with E-state index in [2.05, 4.69) is 10.6 Å². The summed E-state index contributed by atoms with van der Waals surface area (Å²) in [4.78, 5) is 44.2. The monoisotopic (exact) mass is 547 g/mol. The molecule has 3 saturated heterocycles. The molecule has 40 heavy (non-hydrogen) atoms. The first kappa shape index (κ1) is 28.3. The first-order chi connectivity index (χ1) is 19.1. The molecule has 6 atom stereocenters. The summed E-state index contributed by atoms with van der Waals surface area (Å²) in [5.41, 5.74) is 1.25. The lowest BCUT2D eigenvalue weighted by Crippen LogP contribution is -2.56. The second-order valence-electron chi connectivity index (χ2n) is 12.2. The van der Waals surface area contributed by atoms with E-state index in [4.69, 9.17) is 4.74 Å². The van der Waals surface area contributed by atoms with Crippen LogP contribution in [0.2, 0.25) is 0 Å². The Morgan fingerprint density at radius 2 is 1.80 bits per heavy atom. The highest BCUT2D eigenvalue weighted by atomic mass is 16.5. The SMILES string of the molecule is CC[C@@]12CCC3(O1)C(C(=O)Nc1cc(C)ccc1C)N([C@@H](CO)CC(C)C)C(=O)[C@@H]3[C@@H]2C(=O)Nc1ccccc1. The molecular weight excluding hydrogens is 506 g/mol. The third kappa shape index (κ3) is 4.51. The molecule has 0 radical (unpaired) electrons. The van der Waals surface area contributed by atoms with Gasteiger partial charge in [0, 0.05) is 11.4 Å². The average Bonchev–Trinajstić information content (AvgIpc) is 3.53. The molecule has 3 heterocycles. The molecule has 0 saturated carbocycles. The molecule has 3 fully saturated rings. The molecule has 2 bridgehead atoms. The van der Waals surface area contributed by atoms with Crippen molar-refractivity contribution in [3.05, 3.63) is 59.7 Å². The van der Waals surface area contributed by atoms with Crippen LogP contribution >= 0.6 is 0 Å². The zero-order valence-electron chi connectivity index (χ0n) is 24.1. The molecule has 2 aromatic rings. The van der Waals surface area contributed by atoms with E-state index in [1.807, 2.05) is 83.1 Å². The minimum absolute atomic E-state index is 0.182.